The van der Waals surface area contributed by atoms with E-state index in [0.29, 0.717) is 11.8 Å². The summed E-state index contributed by atoms with van der Waals surface area (Å²) in [5.41, 5.74) is 0. The van der Waals surface area contributed by atoms with E-state index in [2.05, 4.69) is 12.2 Å². The van der Waals surface area contributed by atoms with E-state index in [-0.39, 0.29) is 10.8 Å². The molecule has 0 aromatic rings. The maximum Gasteiger partial charge on any atom is 0.0568 e. The van der Waals surface area contributed by atoms with Crippen molar-refractivity contribution in [3.63, 3.8) is 0 Å². The molecular formula is C7H8Cl2. The quantitative estimate of drug-likeness (QED) is 0.380. The Labute approximate surface area is 64.8 Å². The van der Waals surface area contributed by atoms with Gasteiger partial charge in [-0.25, -0.2) is 0 Å². The van der Waals surface area contributed by atoms with Crippen LogP contribution in [-0.2, 0) is 0 Å². The maximum atomic E-state index is 5.98. The summed E-state index contributed by atoms with van der Waals surface area (Å²) in [7, 11) is 0. The average molecular weight is 163 g/mol. The van der Waals surface area contributed by atoms with Crippen molar-refractivity contribution < 1.29 is 0 Å². The van der Waals surface area contributed by atoms with E-state index >= 15 is 0 Å². The molecule has 2 unspecified atom stereocenters. The van der Waals surface area contributed by atoms with Crippen LogP contribution in [0.5, 0.6) is 0 Å². The van der Waals surface area contributed by atoms with Crippen LogP contribution in [0.2, 0.25) is 0 Å². The van der Waals surface area contributed by atoms with Crippen molar-refractivity contribution in [3.8, 4) is 0 Å². The first-order valence-corrected chi connectivity index (χ1v) is 4.13. The molecule has 1 fully saturated rings. The molecule has 2 aliphatic rings. The van der Waals surface area contributed by atoms with Gasteiger partial charge in [-0.05, 0) is 18.3 Å². The minimum Gasteiger partial charge on any atom is -0.121 e. The Morgan fingerprint density at radius 1 is 1.00 bits per heavy atom. The highest BCUT2D eigenvalue weighted by Crippen LogP contribution is 2.44. The Hall–Kier alpha value is 0.320. The molecule has 0 amide bonds. The molecule has 2 aliphatic carbocycles. The third kappa shape index (κ3) is 0.731. The molecular weight excluding hydrogens is 155 g/mol. The molecule has 0 aromatic carbocycles. The van der Waals surface area contributed by atoms with Gasteiger partial charge in [-0.3, -0.25) is 0 Å². The fourth-order valence-corrected chi connectivity index (χ4v) is 2.45. The highest BCUT2D eigenvalue weighted by atomic mass is 35.5. The van der Waals surface area contributed by atoms with Crippen molar-refractivity contribution in [1.82, 2.24) is 0 Å². The topological polar surface area (TPSA) is 0 Å². The molecule has 2 bridgehead atoms. The maximum absolute atomic E-state index is 5.98. The van der Waals surface area contributed by atoms with Gasteiger partial charge in [-0.1, -0.05) is 12.2 Å². The summed E-state index contributed by atoms with van der Waals surface area (Å²) in [6.45, 7) is 0. The largest absolute Gasteiger partial charge is 0.121 e. The van der Waals surface area contributed by atoms with E-state index in [4.69, 9.17) is 23.2 Å². The van der Waals surface area contributed by atoms with Gasteiger partial charge in [0.25, 0.3) is 0 Å². The number of fused-ring (bicyclic) bond motifs is 2. The lowest BCUT2D eigenvalue weighted by Crippen LogP contribution is -2.19. The van der Waals surface area contributed by atoms with Crippen LogP contribution in [0.15, 0.2) is 12.2 Å². The van der Waals surface area contributed by atoms with Crippen LogP contribution in [0.4, 0.5) is 0 Å². The highest BCUT2D eigenvalue weighted by molar-refractivity contribution is 6.31. The van der Waals surface area contributed by atoms with Gasteiger partial charge in [0.15, 0.2) is 0 Å². The monoisotopic (exact) mass is 162 g/mol. The zero-order valence-corrected chi connectivity index (χ0v) is 6.44. The summed E-state index contributed by atoms with van der Waals surface area (Å²) in [6.07, 6.45) is 5.57. The molecule has 0 radical (unpaired) electrons. The molecule has 0 spiro atoms. The van der Waals surface area contributed by atoms with E-state index < -0.39 is 0 Å². The normalized spacial score (nSPS) is 54.9. The van der Waals surface area contributed by atoms with Crippen LogP contribution in [0.1, 0.15) is 6.42 Å². The molecule has 0 nitrogen and oxygen atoms in total. The number of hydrogen-bond acceptors (Lipinski definition) is 0. The number of alkyl halides is 2. The Bertz CT molecular complexity index is 137. The molecule has 2 rings (SSSR count). The minimum atomic E-state index is 0.196. The van der Waals surface area contributed by atoms with E-state index in [1.807, 2.05) is 0 Å². The average Bonchev–Trinajstić information content (AvgIpc) is 2.37. The van der Waals surface area contributed by atoms with Gasteiger partial charge in [0.1, 0.15) is 0 Å². The lowest BCUT2D eigenvalue weighted by molar-refractivity contribution is 0.694. The van der Waals surface area contributed by atoms with Crippen molar-refractivity contribution >= 4 is 23.2 Å². The SMILES string of the molecule is Cl[C@@H]1C2C=CC(C2)[C@H]1Cl. The molecule has 0 heterocycles. The summed E-state index contributed by atoms with van der Waals surface area (Å²) in [4.78, 5) is 0. The zero-order valence-electron chi connectivity index (χ0n) is 4.93. The second-order valence-corrected chi connectivity index (χ2v) is 3.85. The lowest BCUT2D eigenvalue weighted by atomic mass is 10.1. The lowest BCUT2D eigenvalue weighted by Gasteiger charge is -2.15. The van der Waals surface area contributed by atoms with E-state index in [0.717, 1.165) is 0 Å². The molecule has 4 atom stereocenters. The standard InChI is InChI=1S/C7H8Cl2/c8-6-4-1-2-5(3-4)7(6)9/h1-2,4-7H,3H2/t4?,5?,6-,7-/m1/s1. The van der Waals surface area contributed by atoms with Crippen molar-refractivity contribution in [1.29, 1.82) is 0 Å². The number of rotatable bonds is 0. The summed E-state index contributed by atoms with van der Waals surface area (Å²) in [6, 6.07) is 0. The minimum absolute atomic E-state index is 0.196. The molecule has 50 valence electrons. The fraction of sp³-hybridized carbons (Fsp3) is 0.714. The molecule has 0 saturated heterocycles. The number of hydrogen-bond donors (Lipinski definition) is 0. The van der Waals surface area contributed by atoms with Gasteiger partial charge < -0.3 is 0 Å². The van der Waals surface area contributed by atoms with Crippen LogP contribution in [-0.4, -0.2) is 10.8 Å². The summed E-state index contributed by atoms with van der Waals surface area (Å²) in [5.74, 6) is 1.14. The van der Waals surface area contributed by atoms with Gasteiger partial charge in [0, 0.05) is 0 Å². The Kier molecular flexibility index (Phi) is 1.28. The van der Waals surface area contributed by atoms with Crippen LogP contribution in [0.3, 0.4) is 0 Å². The van der Waals surface area contributed by atoms with E-state index in [1.165, 1.54) is 6.42 Å². The predicted molar refractivity (Wildman–Crippen MR) is 40.0 cm³/mol. The van der Waals surface area contributed by atoms with Gasteiger partial charge in [-0.2, -0.15) is 0 Å². The zero-order chi connectivity index (χ0) is 6.43. The van der Waals surface area contributed by atoms with Crippen molar-refractivity contribution in [2.24, 2.45) is 11.8 Å². The first-order valence-electron chi connectivity index (χ1n) is 3.25. The van der Waals surface area contributed by atoms with Crippen LogP contribution < -0.4 is 0 Å². The molecule has 0 aromatic heterocycles. The molecule has 0 N–H and O–H groups in total. The molecule has 1 saturated carbocycles. The molecule has 9 heavy (non-hydrogen) atoms. The first-order chi connectivity index (χ1) is 4.29. The van der Waals surface area contributed by atoms with Crippen LogP contribution in [0.25, 0.3) is 0 Å². The second kappa shape index (κ2) is 1.90. The Balaban J connectivity index is 2.26. The summed E-state index contributed by atoms with van der Waals surface area (Å²) in [5, 5.41) is 0.392. The van der Waals surface area contributed by atoms with Crippen molar-refractivity contribution in [3.05, 3.63) is 12.2 Å². The van der Waals surface area contributed by atoms with Crippen molar-refractivity contribution in [2.45, 2.75) is 17.2 Å². The molecule has 2 heteroatoms. The first kappa shape index (κ1) is 6.06. The van der Waals surface area contributed by atoms with E-state index in [1.54, 1.807) is 0 Å². The fourth-order valence-electron chi connectivity index (χ4n) is 1.70. The number of halogens is 2. The third-order valence-electron chi connectivity index (χ3n) is 2.27. The second-order valence-electron chi connectivity index (χ2n) is 2.84. The van der Waals surface area contributed by atoms with Gasteiger partial charge in [0.2, 0.25) is 0 Å². The van der Waals surface area contributed by atoms with Gasteiger partial charge in [0.05, 0.1) is 10.8 Å². The third-order valence-corrected chi connectivity index (χ3v) is 3.59. The molecule has 0 aliphatic heterocycles. The smallest absolute Gasteiger partial charge is 0.0568 e. The number of allylic oxidation sites excluding steroid dienone is 2. The Morgan fingerprint density at radius 2 is 1.44 bits per heavy atom. The van der Waals surface area contributed by atoms with Gasteiger partial charge in [-0.15, -0.1) is 23.2 Å². The van der Waals surface area contributed by atoms with Crippen molar-refractivity contribution in [2.75, 3.05) is 0 Å². The summed E-state index contributed by atoms with van der Waals surface area (Å²) >= 11 is 12.0. The van der Waals surface area contributed by atoms with Crippen LogP contribution in [0, 0.1) is 11.8 Å². The Morgan fingerprint density at radius 3 is 1.67 bits per heavy atom. The van der Waals surface area contributed by atoms with E-state index in [9.17, 15) is 0 Å². The van der Waals surface area contributed by atoms with Gasteiger partial charge >= 0.3 is 0 Å². The highest BCUT2D eigenvalue weighted by Gasteiger charge is 2.42. The summed E-state index contributed by atoms with van der Waals surface area (Å²) < 4.78 is 0. The predicted octanol–water partition coefficient (Wildman–Crippen LogP) is 2.41. The van der Waals surface area contributed by atoms with Crippen LogP contribution >= 0.6 is 23.2 Å².